The van der Waals surface area contributed by atoms with Crippen LogP contribution in [0.3, 0.4) is 0 Å². The Kier molecular flexibility index (Phi) is 7.36. The van der Waals surface area contributed by atoms with Crippen LogP contribution in [-0.4, -0.2) is 41.9 Å². The van der Waals surface area contributed by atoms with Crippen molar-refractivity contribution in [1.82, 2.24) is 10.2 Å². The number of rotatable bonds is 3. The zero-order valence-electron chi connectivity index (χ0n) is 16.5. The van der Waals surface area contributed by atoms with Crippen molar-refractivity contribution in [3.05, 3.63) is 29.8 Å². The van der Waals surface area contributed by atoms with Gasteiger partial charge in [-0.2, -0.15) is 0 Å². The summed E-state index contributed by atoms with van der Waals surface area (Å²) in [7, 11) is 0. The molecule has 2 amide bonds. The quantitative estimate of drug-likeness (QED) is 0.799. The number of hydrogen-bond acceptors (Lipinski definition) is 3. The van der Waals surface area contributed by atoms with Crippen LogP contribution in [0.2, 0.25) is 0 Å². The van der Waals surface area contributed by atoms with Crippen LogP contribution in [-0.2, 0) is 4.79 Å². The van der Waals surface area contributed by atoms with Crippen LogP contribution < -0.4 is 10.6 Å². The molecule has 154 valence electrons. The molecule has 6 heteroatoms. The zero-order valence-corrected chi connectivity index (χ0v) is 17.3. The van der Waals surface area contributed by atoms with E-state index in [1.165, 1.54) is 38.5 Å². The average Bonchev–Trinajstić information content (AvgIpc) is 2.95. The Hall–Kier alpha value is -1.59. The number of benzene rings is 1. The van der Waals surface area contributed by atoms with E-state index in [0.717, 1.165) is 38.0 Å². The van der Waals surface area contributed by atoms with Crippen LogP contribution in [0, 0.1) is 5.92 Å². The normalized spacial score (nSPS) is 27.3. The first-order valence-electron chi connectivity index (χ1n) is 10.7. The van der Waals surface area contributed by atoms with E-state index in [-0.39, 0.29) is 30.3 Å². The molecule has 3 atom stereocenters. The van der Waals surface area contributed by atoms with Crippen molar-refractivity contribution in [2.75, 3.05) is 18.4 Å². The lowest BCUT2D eigenvalue weighted by atomic mass is 9.85. The summed E-state index contributed by atoms with van der Waals surface area (Å²) < 4.78 is 0. The molecule has 0 radical (unpaired) electrons. The van der Waals surface area contributed by atoms with E-state index in [9.17, 15) is 9.59 Å². The van der Waals surface area contributed by atoms with Crippen molar-refractivity contribution >= 4 is 29.9 Å². The van der Waals surface area contributed by atoms with Crippen molar-refractivity contribution in [1.29, 1.82) is 0 Å². The minimum atomic E-state index is -0.0866. The molecular formula is C22H32ClN3O2. The van der Waals surface area contributed by atoms with Gasteiger partial charge in [-0.3, -0.25) is 9.59 Å². The number of hydrogen-bond donors (Lipinski definition) is 2. The predicted molar refractivity (Wildman–Crippen MR) is 114 cm³/mol. The highest BCUT2D eigenvalue weighted by atomic mass is 35.5. The largest absolute Gasteiger partial charge is 0.339 e. The molecule has 2 saturated heterocycles. The summed E-state index contributed by atoms with van der Waals surface area (Å²) in [5.74, 6) is 0.815. The number of halogens is 1. The first kappa shape index (κ1) is 21.1. The monoisotopic (exact) mass is 405 g/mol. The van der Waals surface area contributed by atoms with Crippen LogP contribution in [0.25, 0.3) is 0 Å². The van der Waals surface area contributed by atoms with Gasteiger partial charge in [-0.25, -0.2) is 0 Å². The molecule has 0 bridgehead atoms. The number of nitrogens with one attached hydrogen (secondary N) is 2. The average molecular weight is 406 g/mol. The van der Waals surface area contributed by atoms with E-state index >= 15 is 0 Å². The summed E-state index contributed by atoms with van der Waals surface area (Å²) in [5.41, 5.74) is 1.48. The topological polar surface area (TPSA) is 61.4 Å². The number of carbonyl (C=O) groups is 2. The lowest BCUT2D eigenvalue weighted by Crippen LogP contribution is -2.39. The first-order chi connectivity index (χ1) is 13.2. The Bertz CT molecular complexity index is 657. The van der Waals surface area contributed by atoms with E-state index in [1.54, 1.807) is 0 Å². The molecule has 0 spiro atoms. The van der Waals surface area contributed by atoms with Crippen molar-refractivity contribution in [3.8, 4) is 0 Å². The lowest BCUT2D eigenvalue weighted by molar-refractivity contribution is -0.117. The first-order valence-corrected chi connectivity index (χ1v) is 10.7. The van der Waals surface area contributed by atoms with Gasteiger partial charge < -0.3 is 15.5 Å². The molecule has 3 aliphatic rings. The second-order valence-electron chi connectivity index (χ2n) is 8.38. The van der Waals surface area contributed by atoms with Gasteiger partial charge in [0.15, 0.2) is 0 Å². The van der Waals surface area contributed by atoms with Crippen LogP contribution in [0.1, 0.15) is 68.1 Å². The van der Waals surface area contributed by atoms with Crippen LogP contribution >= 0.6 is 12.4 Å². The van der Waals surface area contributed by atoms with Crippen molar-refractivity contribution < 1.29 is 9.59 Å². The number of likely N-dealkylation sites (tertiary alicyclic amines) is 1. The van der Waals surface area contributed by atoms with Gasteiger partial charge in [-0.05, 0) is 62.3 Å². The molecule has 1 saturated carbocycles. The lowest BCUT2D eigenvalue weighted by Gasteiger charge is -2.24. The van der Waals surface area contributed by atoms with Gasteiger partial charge >= 0.3 is 0 Å². The predicted octanol–water partition coefficient (Wildman–Crippen LogP) is 3.98. The van der Waals surface area contributed by atoms with E-state index in [0.29, 0.717) is 17.5 Å². The fourth-order valence-electron chi connectivity index (χ4n) is 4.90. The molecule has 2 aliphatic heterocycles. The summed E-state index contributed by atoms with van der Waals surface area (Å²) >= 11 is 0. The molecule has 28 heavy (non-hydrogen) atoms. The zero-order chi connectivity index (χ0) is 18.6. The fraction of sp³-hybridized carbons (Fsp3) is 0.636. The van der Waals surface area contributed by atoms with Gasteiger partial charge in [-0.1, -0.05) is 25.7 Å². The summed E-state index contributed by atoms with van der Waals surface area (Å²) in [6.07, 6.45) is 10.6. The van der Waals surface area contributed by atoms with Crippen LogP contribution in [0.15, 0.2) is 24.3 Å². The molecule has 1 aliphatic carbocycles. The van der Waals surface area contributed by atoms with Crippen LogP contribution in [0.5, 0.6) is 0 Å². The minimum Gasteiger partial charge on any atom is -0.339 e. The van der Waals surface area contributed by atoms with E-state index in [2.05, 4.69) is 10.6 Å². The third-order valence-electron chi connectivity index (χ3n) is 6.47. The maximum atomic E-state index is 12.7. The van der Waals surface area contributed by atoms with Gasteiger partial charge in [0.2, 0.25) is 5.91 Å². The molecule has 3 fully saturated rings. The van der Waals surface area contributed by atoms with Gasteiger partial charge in [0.1, 0.15) is 0 Å². The maximum Gasteiger partial charge on any atom is 0.253 e. The molecule has 2 heterocycles. The van der Waals surface area contributed by atoms with Gasteiger partial charge in [0, 0.05) is 30.4 Å². The molecule has 4 rings (SSSR count). The molecular weight excluding hydrogens is 374 g/mol. The van der Waals surface area contributed by atoms with Gasteiger partial charge in [-0.15, -0.1) is 12.4 Å². The van der Waals surface area contributed by atoms with Crippen LogP contribution in [0.4, 0.5) is 5.69 Å². The van der Waals surface area contributed by atoms with E-state index < -0.39 is 0 Å². The van der Waals surface area contributed by atoms with E-state index in [1.807, 2.05) is 29.2 Å². The number of amides is 2. The fourth-order valence-corrected chi connectivity index (χ4v) is 4.90. The smallest absolute Gasteiger partial charge is 0.253 e. The SMILES string of the molecule is Cl.O=C(Nc1ccc(C(=O)N2CCCCCC2)cc1)C1CC2CCCCC2N1. The molecule has 1 aromatic carbocycles. The number of nitrogens with zero attached hydrogens (tertiary/aromatic N) is 1. The Morgan fingerprint density at radius 1 is 0.929 bits per heavy atom. The Morgan fingerprint density at radius 2 is 1.61 bits per heavy atom. The van der Waals surface area contributed by atoms with Gasteiger partial charge in [0.05, 0.1) is 6.04 Å². The minimum absolute atomic E-state index is 0. The van der Waals surface area contributed by atoms with E-state index in [4.69, 9.17) is 0 Å². The third kappa shape index (κ3) is 4.87. The molecule has 3 unspecified atom stereocenters. The van der Waals surface area contributed by atoms with Crippen molar-refractivity contribution in [2.45, 2.75) is 69.9 Å². The van der Waals surface area contributed by atoms with Crippen molar-refractivity contribution in [2.24, 2.45) is 5.92 Å². The Morgan fingerprint density at radius 3 is 2.29 bits per heavy atom. The second-order valence-corrected chi connectivity index (χ2v) is 8.38. The molecule has 0 aromatic heterocycles. The summed E-state index contributed by atoms with van der Waals surface area (Å²) in [6, 6.07) is 7.81. The summed E-state index contributed by atoms with van der Waals surface area (Å²) in [6.45, 7) is 1.71. The highest BCUT2D eigenvalue weighted by Crippen LogP contribution is 2.33. The third-order valence-corrected chi connectivity index (χ3v) is 6.47. The second kappa shape index (κ2) is 9.75. The highest BCUT2D eigenvalue weighted by molar-refractivity contribution is 5.97. The summed E-state index contributed by atoms with van der Waals surface area (Å²) in [5, 5.41) is 6.54. The standard InChI is InChI=1S/C22H31N3O2.ClH/c26-21(20-15-17-7-3-4-8-19(17)24-20)23-18-11-9-16(10-12-18)22(27)25-13-5-1-2-6-14-25;/h9-12,17,19-20,24H,1-8,13-15H2,(H,23,26);1H. The van der Waals surface area contributed by atoms with Gasteiger partial charge in [0.25, 0.3) is 5.91 Å². The number of anilines is 1. The Labute approximate surface area is 174 Å². The van der Waals surface area contributed by atoms with Crippen molar-refractivity contribution in [3.63, 3.8) is 0 Å². The molecule has 5 nitrogen and oxygen atoms in total. The Balaban J connectivity index is 0.00000225. The molecule has 2 N–H and O–H groups in total. The number of carbonyl (C=O) groups excluding carboxylic acids is 2. The highest BCUT2D eigenvalue weighted by Gasteiger charge is 2.38. The summed E-state index contributed by atoms with van der Waals surface area (Å²) in [4.78, 5) is 27.2. The number of fused-ring (bicyclic) bond motifs is 1. The maximum absolute atomic E-state index is 12.7. The molecule has 1 aromatic rings.